The van der Waals surface area contributed by atoms with E-state index in [0.717, 1.165) is 23.4 Å². The summed E-state index contributed by atoms with van der Waals surface area (Å²) in [6.45, 7) is 0.634. The van der Waals surface area contributed by atoms with E-state index in [0.29, 0.717) is 12.2 Å². The number of hydrogen-bond donors (Lipinski definition) is 2. The lowest BCUT2D eigenvalue weighted by Crippen LogP contribution is -2.29. The van der Waals surface area contributed by atoms with E-state index in [4.69, 9.17) is 5.73 Å². The first-order valence-electron chi connectivity index (χ1n) is 5.32. The van der Waals surface area contributed by atoms with Crippen molar-refractivity contribution in [1.82, 2.24) is 15.4 Å². The topological polar surface area (TPSA) is 87.9 Å². The van der Waals surface area contributed by atoms with Crippen molar-refractivity contribution in [2.75, 3.05) is 17.2 Å². The van der Waals surface area contributed by atoms with Crippen LogP contribution in [0.25, 0.3) is 0 Å². The minimum absolute atomic E-state index is 0.150. The molecule has 1 aromatic heterocycles. The third-order valence-electron chi connectivity index (χ3n) is 2.94. The highest BCUT2D eigenvalue weighted by Crippen LogP contribution is 2.32. The number of rotatable bonds is 1. The van der Waals surface area contributed by atoms with Crippen LogP contribution in [0.4, 0.5) is 11.4 Å². The number of nitrogens with zero attached hydrogens (tertiary/aromatic N) is 3. The number of aromatic nitrogens is 3. The van der Waals surface area contributed by atoms with Crippen molar-refractivity contribution in [3.63, 3.8) is 0 Å². The Balaban J connectivity index is 1.99. The fourth-order valence-electron chi connectivity index (χ4n) is 2.12. The zero-order valence-corrected chi connectivity index (χ0v) is 9.05. The third kappa shape index (κ3) is 1.45. The van der Waals surface area contributed by atoms with E-state index < -0.39 is 0 Å². The first-order chi connectivity index (χ1) is 8.27. The molecule has 1 aliphatic rings. The highest BCUT2D eigenvalue weighted by atomic mass is 16.2. The summed E-state index contributed by atoms with van der Waals surface area (Å²) in [5, 5.41) is 9.87. The maximum atomic E-state index is 12.1. The first-order valence-corrected chi connectivity index (χ1v) is 5.32. The molecule has 0 aliphatic carbocycles. The SMILES string of the molecule is Nc1cccc2c1CCN2C(=O)c1cn[nH]n1. The molecule has 0 unspecified atom stereocenters. The van der Waals surface area contributed by atoms with Crippen molar-refractivity contribution >= 4 is 17.3 Å². The van der Waals surface area contributed by atoms with E-state index in [9.17, 15) is 4.79 Å². The van der Waals surface area contributed by atoms with Crippen molar-refractivity contribution in [2.45, 2.75) is 6.42 Å². The Hall–Kier alpha value is -2.37. The van der Waals surface area contributed by atoms with Gasteiger partial charge in [0.15, 0.2) is 5.69 Å². The van der Waals surface area contributed by atoms with Gasteiger partial charge >= 0.3 is 0 Å². The molecule has 0 atom stereocenters. The fraction of sp³-hybridized carbons (Fsp3) is 0.182. The molecule has 0 radical (unpaired) electrons. The van der Waals surface area contributed by atoms with Gasteiger partial charge in [-0.3, -0.25) is 4.79 Å². The van der Waals surface area contributed by atoms with Crippen LogP contribution in [0.15, 0.2) is 24.4 Å². The fourth-order valence-corrected chi connectivity index (χ4v) is 2.12. The van der Waals surface area contributed by atoms with E-state index in [1.54, 1.807) is 4.90 Å². The average molecular weight is 229 g/mol. The molecular weight excluding hydrogens is 218 g/mol. The number of anilines is 2. The van der Waals surface area contributed by atoms with Crippen LogP contribution in [0.3, 0.4) is 0 Å². The van der Waals surface area contributed by atoms with Crippen molar-refractivity contribution in [1.29, 1.82) is 0 Å². The molecule has 1 aliphatic heterocycles. The number of nitrogens with one attached hydrogen (secondary N) is 1. The number of amides is 1. The standard InChI is InChI=1S/C11H11N5O/c12-8-2-1-3-10-7(8)4-5-16(10)11(17)9-6-13-15-14-9/h1-3,6H,4-5,12H2,(H,13,14,15). The number of hydrogen-bond acceptors (Lipinski definition) is 4. The van der Waals surface area contributed by atoms with Crippen LogP contribution < -0.4 is 10.6 Å². The summed E-state index contributed by atoms with van der Waals surface area (Å²) in [4.78, 5) is 13.8. The van der Waals surface area contributed by atoms with Gasteiger partial charge in [-0.05, 0) is 18.6 Å². The molecule has 3 N–H and O–H groups in total. The predicted octanol–water partition coefficient (Wildman–Crippen LogP) is 0.590. The molecule has 2 aromatic rings. The number of carbonyl (C=O) groups excluding carboxylic acids is 1. The summed E-state index contributed by atoms with van der Waals surface area (Å²) >= 11 is 0. The van der Waals surface area contributed by atoms with Gasteiger partial charge in [0, 0.05) is 23.5 Å². The van der Waals surface area contributed by atoms with Crippen LogP contribution in [-0.4, -0.2) is 27.9 Å². The molecule has 0 saturated heterocycles. The van der Waals surface area contributed by atoms with Gasteiger partial charge in [0.2, 0.25) is 0 Å². The molecule has 3 rings (SSSR count). The van der Waals surface area contributed by atoms with E-state index in [1.807, 2.05) is 18.2 Å². The second-order valence-corrected chi connectivity index (χ2v) is 3.91. The van der Waals surface area contributed by atoms with Crippen molar-refractivity contribution in [2.24, 2.45) is 0 Å². The number of benzene rings is 1. The third-order valence-corrected chi connectivity index (χ3v) is 2.94. The molecule has 0 spiro atoms. The maximum absolute atomic E-state index is 12.1. The van der Waals surface area contributed by atoms with Crippen LogP contribution in [0.2, 0.25) is 0 Å². The summed E-state index contributed by atoms with van der Waals surface area (Å²) < 4.78 is 0. The Morgan fingerprint density at radius 1 is 1.47 bits per heavy atom. The first kappa shape index (κ1) is 9.83. The Morgan fingerprint density at radius 3 is 3.12 bits per heavy atom. The molecule has 1 aromatic carbocycles. The smallest absolute Gasteiger partial charge is 0.280 e. The molecule has 0 bridgehead atoms. The van der Waals surface area contributed by atoms with Gasteiger partial charge in [0.05, 0.1) is 6.20 Å². The van der Waals surface area contributed by atoms with Gasteiger partial charge in [-0.15, -0.1) is 0 Å². The Labute approximate surface area is 97.4 Å². The van der Waals surface area contributed by atoms with Gasteiger partial charge in [-0.25, -0.2) is 0 Å². The van der Waals surface area contributed by atoms with Crippen LogP contribution in [0, 0.1) is 0 Å². The monoisotopic (exact) mass is 229 g/mol. The van der Waals surface area contributed by atoms with Gasteiger partial charge in [-0.1, -0.05) is 6.07 Å². The van der Waals surface area contributed by atoms with E-state index in [-0.39, 0.29) is 5.91 Å². The maximum Gasteiger partial charge on any atom is 0.280 e. The molecule has 6 nitrogen and oxygen atoms in total. The number of carbonyl (C=O) groups is 1. The van der Waals surface area contributed by atoms with Crippen LogP contribution in [-0.2, 0) is 6.42 Å². The molecule has 17 heavy (non-hydrogen) atoms. The van der Waals surface area contributed by atoms with Gasteiger partial charge in [0.25, 0.3) is 5.91 Å². The normalized spacial score (nSPS) is 13.8. The predicted molar refractivity (Wildman–Crippen MR) is 62.6 cm³/mol. The molecule has 6 heteroatoms. The molecule has 0 saturated carbocycles. The van der Waals surface area contributed by atoms with E-state index >= 15 is 0 Å². The summed E-state index contributed by atoms with van der Waals surface area (Å²) in [5.41, 5.74) is 8.84. The van der Waals surface area contributed by atoms with Gasteiger partial charge in [-0.2, -0.15) is 15.4 Å². The summed E-state index contributed by atoms with van der Waals surface area (Å²) in [6, 6.07) is 5.60. The number of nitrogen functional groups attached to an aromatic ring is 1. The number of H-pyrrole nitrogens is 1. The Morgan fingerprint density at radius 2 is 2.35 bits per heavy atom. The lowest BCUT2D eigenvalue weighted by Gasteiger charge is -2.15. The van der Waals surface area contributed by atoms with Crippen LogP contribution in [0.1, 0.15) is 16.1 Å². The second-order valence-electron chi connectivity index (χ2n) is 3.91. The highest BCUT2D eigenvalue weighted by Gasteiger charge is 2.27. The van der Waals surface area contributed by atoms with Gasteiger partial charge < -0.3 is 10.6 Å². The van der Waals surface area contributed by atoms with Crippen LogP contribution in [0.5, 0.6) is 0 Å². The molecule has 1 amide bonds. The molecule has 86 valence electrons. The van der Waals surface area contributed by atoms with Crippen molar-refractivity contribution in [3.05, 3.63) is 35.7 Å². The Kier molecular flexibility index (Phi) is 2.07. The minimum atomic E-state index is -0.150. The quantitative estimate of drug-likeness (QED) is 0.700. The number of nitrogens with two attached hydrogens (primary N) is 1. The lowest BCUT2D eigenvalue weighted by atomic mass is 10.1. The zero-order valence-electron chi connectivity index (χ0n) is 9.05. The largest absolute Gasteiger partial charge is 0.398 e. The second kappa shape index (κ2) is 3.58. The lowest BCUT2D eigenvalue weighted by molar-refractivity contribution is 0.0984. The number of fused-ring (bicyclic) bond motifs is 1. The average Bonchev–Trinajstić information content (AvgIpc) is 2.98. The van der Waals surface area contributed by atoms with Crippen molar-refractivity contribution in [3.8, 4) is 0 Å². The zero-order chi connectivity index (χ0) is 11.8. The summed E-state index contributed by atoms with van der Waals surface area (Å²) in [6.07, 6.45) is 2.21. The molecular formula is C11H11N5O. The van der Waals surface area contributed by atoms with Crippen LogP contribution >= 0.6 is 0 Å². The summed E-state index contributed by atoms with van der Waals surface area (Å²) in [7, 11) is 0. The van der Waals surface area contributed by atoms with Crippen molar-refractivity contribution < 1.29 is 4.79 Å². The Bertz CT molecular complexity index is 563. The molecule has 0 fully saturated rings. The van der Waals surface area contributed by atoms with Gasteiger partial charge in [0.1, 0.15) is 0 Å². The minimum Gasteiger partial charge on any atom is -0.398 e. The molecule has 2 heterocycles. The highest BCUT2D eigenvalue weighted by molar-refractivity contribution is 6.06. The summed E-state index contributed by atoms with van der Waals surface area (Å²) in [5.74, 6) is -0.150. The number of aromatic amines is 1. The van der Waals surface area contributed by atoms with E-state index in [2.05, 4.69) is 15.4 Å². The van der Waals surface area contributed by atoms with E-state index in [1.165, 1.54) is 6.20 Å².